The van der Waals surface area contributed by atoms with Crippen LogP contribution in [0.3, 0.4) is 0 Å². The van der Waals surface area contributed by atoms with Crippen molar-refractivity contribution in [3.8, 4) is 0 Å². The zero-order valence-corrected chi connectivity index (χ0v) is 18.7. The molecule has 2 heterocycles. The minimum Gasteiger partial charge on any atom is -0.447 e. The van der Waals surface area contributed by atoms with Gasteiger partial charge in [0, 0.05) is 32.5 Å². The number of carbonyl (C=O) groups is 2. The molecule has 1 aromatic heterocycles. The molecule has 10 heteroatoms. The van der Waals surface area contributed by atoms with Crippen LogP contribution in [0.2, 0.25) is 0 Å². The Balaban J connectivity index is 2.22. The van der Waals surface area contributed by atoms with Gasteiger partial charge in [0.15, 0.2) is 0 Å². The Morgan fingerprint density at radius 1 is 1.43 bits per heavy atom. The SMILES string of the molecule is CC(C)OC(=O)N(C)C[C@H]1OCc2cnnn2CCCC(=O)N([C@@H](C)CO)C[C@H]1C. The lowest BCUT2D eigenvalue weighted by Crippen LogP contribution is -2.48. The van der Waals surface area contributed by atoms with Gasteiger partial charge in [-0.25, -0.2) is 9.48 Å². The van der Waals surface area contributed by atoms with Gasteiger partial charge in [-0.3, -0.25) is 4.79 Å². The maximum absolute atomic E-state index is 12.8. The summed E-state index contributed by atoms with van der Waals surface area (Å²) in [6, 6.07) is -0.297. The van der Waals surface area contributed by atoms with Crippen LogP contribution in [-0.4, -0.2) is 86.9 Å². The van der Waals surface area contributed by atoms with E-state index in [4.69, 9.17) is 9.47 Å². The van der Waals surface area contributed by atoms with Crippen molar-refractivity contribution in [3.05, 3.63) is 11.9 Å². The zero-order chi connectivity index (χ0) is 22.3. The monoisotopic (exact) mass is 425 g/mol. The number of fused-ring (bicyclic) bond motifs is 1. The quantitative estimate of drug-likeness (QED) is 0.757. The van der Waals surface area contributed by atoms with Crippen molar-refractivity contribution in [2.24, 2.45) is 5.92 Å². The molecule has 0 spiro atoms. The normalized spacial score (nSPS) is 22.1. The van der Waals surface area contributed by atoms with Gasteiger partial charge in [-0.1, -0.05) is 12.1 Å². The average Bonchev–Trinajstić information content (AvgIpc) is 3.14. The highest BCUT2D eigenvalue weighted by atomic mass is 16.6. The molecule has 1 aliphatic rings. The third-order valence-electron chi connectivity index (χ3n) is 5.24. The van der Waals surface area contributed by atoms with E-state index in [9.17, 15) is 14.7 Å². The van der Waals surface area contributed by atoms with Gasteiger partial charge in [-0.15, -0.1) is 5.10 Å². The predicted molar refractivity (Wildman–Crippen MR) is 110 cm³/mol. The van der Waals surface area contributed by atoms with Crippen LogP contribution in [0, 0.1) is 5.92 Å². The second kappa shape index (κ2) is 11.3. The minimum absolute atomic E-state index is 0.0167. The van der Waals surface area contributed by atoms with Crippen molar-refractivity contribution in [1.82, 2.24) is 24.8 Å². The Labute approximate surface area is 178 Å². The fourth-order valence-electron chi connectivity index (χ4n) is 3.38. The van der Waals surface area contributed by atoms with E-state index >= 15 is 0 Å². The predicted octanol–water partition coefficient (Wildman–Crippen LogP) is 1.28. The molecule has 0 aromatic carbocycles. The van der Waals surface area contributed by atoms with Gasteiger partial charge in [0.25, 0.3) is 0 Å². The van der Waals surface area contributed by atoms with E-state index in [0.29, 0.717) is 39.1 Å². The van der Waals surface area contributed by atoms with Gasteiger partial charge in [-0.05, 0) is 27.2 Å². The van der Waals surface area contributed by atoms with Gasteiger partial charge in [-0.2, -0.15) is 0 Å². The minimum atomic E-state index is -0.421. The van der Waals surface area contributed by atoms with Crippen molar-refractivity contribution in [2.45, 2.75) is 71.9 Å². The number of amides is 2. The summed E-state index contributed by atoms with van der Waals surface area (Å²) in [5.74, 6) is -0.0991. The Hall–Kier alpha value is -2.20. The van der Waals surface area contributed by atoms with E-state index in [2.05, 4.69) is 10.3 Å². The summed E-state index contributed by atoms with van der Waals surface area (Å²) in [6.07, 6.45) is 1.67. The third kappa shape index (κ3) is 6.66. The maximum atomic E-state index is 12.8. The number of ether oxygens (including phenoxy) is 2. The second-order valence-corrected chi connectivity index (χ2v) is 8.27. The number of aliphatic hydroxyl groups excluding tert-OH is 1. The lowest BCUT2D eigenvalue weighted by Gasteiger charge is -2.35. The van der Waals surface area contributed by atoms with Crippen molar-refractivity contribution >= 4 is 12.0 Å². The van der Waals surface area contributed by atoms with E-state index in [1.165, 1.54) is 4.90 Å². The molecule has 0 aliphatic carbocycles. The second-order valence-electron chi connectivity index (χ2n) is 8.27. The van der Waals surface area contributed by atoms with Crippen LogP contribution < -0.4 is 0 Å². The molecular weight excluding hydrogens is 390 g/mol. The number of nitrogens with zero attached hydrogens (tertiary/aromatic N) is 5. The molecule has 10 nitrogen and oxygen atoms in total. The number of hydrogen-bond donors (Lipinski definition) is 1. The van der Waals surface area contributed by atoms with Crippen LogP contribution in [-0.2, 0) is 27.4 Å². The Kier molecular flexibility index (Phi) is 9.04. The van der Waals surface area contributed by atoms with Crippen LogP contribution in [0.5, 0.6) is 0 Å². The molecule has 0 saturated heterocycles. The van der Waals surface area contributed by atoms with Crippen molar-refractivity contribution in [2.75, 3.05) is 26.7 Å². The molecule has 2 rings (SSSR count). The number of aliphatic hydroxyl groups is 1. The number of rotatable bonds is 5. The molecule has 0 bridgehead atoms. The van der Waals surface area contributed by atoms with E-state index in [1.807, 2.05) is 13.8 Å². The van der Waals surface area contributed by atoms with Crippen LogP contribution in [0.4, 0.5) is 4.79 Å². The highest BCUT2D eigenvalue weighted by molar-refractivity contribution is 5.76. The molecule has 30 heavy (non-hydrogen) atoms. The van der Waals surface area contributed by atoms with Crippen LogP contribution >= 0.6 is 0 Å². The van der Waals surface area contributed by atoms with Crippen molar-refractivity contribution in [1.29, 1.82) is 0 Å². The fraction of sp³-hybridized carbons (Fsp3) is 0.800. The molecule has 2 amide bonds. The largest absolute Gasteiger partial charge is 0.447 e. The summed E-state index contributed by atoms with van der Waals surface area (Å²) < 4.78 is 13.2. The number of aryl methyl sites for hydroxylation is 1. The molecule has 0 unspecified atom stereocenters. The summed E-state index contributed by atoms with van der Waals surface area (Å²) in [7, 11) is 1.67. The highest BCUT2D eigenvalue weighted by Crippen LogP contribution is 2.18. The van der Waals surface area contributed by atoms with E-state index in [1.54, 1.807) is 36.7 Å². The Bertz CT molecular complexity index is 695. The van der Waals surface area contributed by atoms with Gasteiger partial charge in [0.05, 0.1) is 49.9 Å². The van der Waals surface area contributed by atoms with Crippen molar-refractivity contribution in [3.63, 3.8) is 0 Å². The molecule has 1 N–H and O–H groups in total. The van der Waals surface area contributed by atoms with Crippen LogP contribution in [0.15, 0.2) is 6.20 Å². The molecule has 3 atom stereocenters. The lowest BCUT2D eigenvalue weighted by atomic mass is 10.0. The molecule has 0 fully saturated rings. The first-order valence-corrected chi connectivity index (χ1v) is 10.5. The summed E-state index contributed by atoms with van der Waals surface area (Å²) >= 11 is 0. The smallest absolute Gasteiger partial charge is 0.409 e. The summed E-state index contributed by atoms with van der Waals surface area (Å²) in [5, 5.41) is 17.7. The maximum Gasteiger partial charge on any atom is 0.409 e. The number of likely N-dealkylation sites (N-methyl/N-ethyl adjacent to an activating group) is 1. The Morgan fingerprint density at radius 3 is 2.83 bits per heavy atom. The van der Waals surface area contributed by atoms with Gasteiger partial charge in [0.1, 0.15) is 0 Å². The van der Waals surface area contributed by atoms with Gasteiger partial charge < -0.3 is 24.4 Å². The average molecular weight is 426 g/mol. The topological polar surface area (TPSA) is 110 Å². The summed E-state index contributed by atoms with van der Waals surface area (Å²) in [6.45, 7) is 8.90. The van der Waals surface area contributed by atoms with E-state index in [-0.39, 0.29) is 36.7 Å². The van der Waals surface area contributed by atoms with Gasteiger partial charge in [0.2, 0.25) is 5.91 Å². The zero-order valence-electron chi connectivity index (χ0n) is 18.7. The standard InChI is InChI=1S/C20H35N5O5/c1-14(2)30-20(28)23(5)11-18-15(3)10-24(16(4)12-26)19(27)7-6-8-25-17(13-29-18)9-21-22-25/h9,14-16,18,26H,6-8,10-13H2,1-5H3/t15-,16+,18-/m1/s1. The first-order valence-electron chi connectivity index (χ1n) is 10.5. The highest BCUT2D eigenvalue weighted by Gasteiger charge is 2.29. The van der Waals surface area contributed by atoms with Crippen LogP contribution in [0.25, 0.3) is 0 Å². The summed E-state index contributed by atoms with van der Waals surface area (Å²) in [5.41, 5.74) is 0.827. The summed E-state index contributed by atoms with van der Waals surface area (Å²) in [4.78, 5) is 28.3. The number of aromatic nitrogens is 3. The molecule has 1 aliphatic heterocycles. The first-order chi connectivity index (χ1) is 14.2. The molecular formula is C20H35N5O5. The van der Waals surface area contributed by atoms with Crippen molar-refractivity contribution < 1.29 is 24.2 Å². The number of carbonyl (C=O) groups excluding carboxylic acids is 2. The lowest BCUT2D eigenvalue weighted by molar-refractivity contribution is -0.136. The first kappa shape index (κ1) is 24.1. The van der Waals surface area contributed by atoms with E-state index in [0.717, 1.165) is 5.69 Å². The third-order valence-corrected chi connectivity index (χ3v) is 5.24. The Morgan fingerprint density at radius 2 is 2.17 bits per heavy atom. The molecule has 170 valence electrons. The number of hydrogen-bond acceptors (Lipinski definition) is 7. The molecule has 0 radical (unpaired) electrons. The van der Waals surface area contributed by atoms with Gasteiger partial charge >= 0.3 is 6.09 Å². The van der Waals surface area contributed by atoms with E-state index < -0.39 is 6.09 Å². The van der Waals surface area contributed by atoms with Crippen LogP contribution in [0.1, 0.15) is 46.2 Å². The molecule has 0 saturated carbocycles. The molecule has 1 aromatic rings. The fourth-order valence-corrected chi connectivity index (χ4v) is 3.38.